The number of benzene rings is 1. The van der Waals surface area contributed by atoms with Crippen LogP contribution in [-0.4, -0.2) is 41.7 Å². The van der Waals surface area contributed by atoms with Crippen LogP contribution in [0, 0.1) is 0 Å². The minimum Gasteiger partial charge on any atom is -0.492 e. The van der Waals surface area contributed by atoms with Crippen molar-refractivity contribution < 1.29 is 14.6 Å². The molecule has 0 saturated carbocycles. The summed E-state index contributed by atoms with van der Waals surface area (Å²) in [4.78, 5) is 13.2. The third-order valence-electron chi connectivity index (χ3n) is 3.85. The van der Waals surface area contributed by atoms with E-state index in [4.69, 9.17) is 4.74 Å². The minimum atomic E-state index is -0.710. The molecule has 0 bridgehead atoms. The van der Waals surface area contributed by atoms with Gasteiger partial charge in [0.25, 0.3) is 0 Å². The lowest BCUT2D eigenvalue weighted by Gasteiger charge is -2.32. The standard InChI is InChI=1S/C16H23NO3/c1-2-13-6-5-7-14(12-13)20-11-10-17-9-4-3-8-15(17)16(18)19/h5-7,12,15H,2-4,8-11H2,1H3,(H,18,19). The normalized spacial score (nSPS) is 19.8. The van der Waals surface area contributed by atoms with E-state index in [9.17, 15) is 9.90 Å². The van der Waals surface area contributed by atoms with Crippen molar-refractivity contribution in [1.82, 2.24) is 4.90 Å². The second-order valence-electron chi connectivity index (χ2n) is 5.24. The topological polar surface area (TPSA) is 49.8 Å². The molecular formula is C16H23NO3. The number of carboxylic acid groups (broad SMARTS) is 1. The van der Waals surface area contributed by atoms with Gasteiger partial charge in [0, 0.05) is 6.54 Å². The van der Waals surface area contributed by atoms with Crippen LogP contribution in [0.1, 0.15) is 31.7 Å². The van der Waals surface area contributed by atoms with Crippen LogP contribution in [0.15, 0.2) is 24.3 Å². The number of hydrogen-bond donors (Lipinski definition) is 1. The van der Waals surface area contributed by atoms with E-state index in [-0.39, 0.29) is 6.04 Å². The SMILES string of the molecule is CCc1cccc(OCCN2CCCCC2C(=O)O)c1. The Kier molecular flexibility index (Phi) is 5.41. The summed E-state index contributed by atoms with van der Waals surface area (Å²) < 4.78 is 5.74. The minimum absolute atomic E-state index is 0.339. The molecule has 1 aromatic carbocycles. The number of carbonyl (C=O) groups is 1. The van der Waals surface area contributed by atoms with E-state index in [0.717, 1.165) is 38.0 Å². The molecule has 0 amide bonds. The Labute approximate surface area is 120 Å². The first-order valence-corrected chi connectivity index (χ1v) is 7.39. The van der Waals surface area contributed by atoms with Gasteiger partial charge in [0.15, 0.2) is 0 Å². The van der Waals surface area contributed by atoms with Crippen molar-refractivity contribution in [3.63, 3.8) is 0 Å². The maximum Gasteiger partial charge on any atom is 0.320 e. The molecule has 0 aromatic heterocycles. The molecule has 4 nitrogen and oxygen atoms in total. The van der Waals surface area contributed by atoms with Gasteiger partial charge in [-0.3, -0.25) is 9.69 Å². The monoisotopic (exact) mass is 277 g/mol. The maximum atomic E-state index is 11.2. The van der Waals surface area contributed by atoms with Crippen molar-refractivity contribution in [3.05, 3.63) is 29.8 Å². The molecule has 1 saturated heterocycles. The molecule has 1 aromatic rings. The predicted octanol–water partition coefficient (Wildman–Crippen LogP) is 2.57. The number of hydrogen-bond acceptors (Lipinski definition) is 3. The zero-order valence-electron chi connectivity index (χ0n) is 12.0. The van der Waals surface area contributed by atoms with Gasteiger partial charge < -0.3 is 9.84 Å². The average Bonchev–Trinajstić information content (AvgIpc) is 2.48. The first kappa shape index (κ1) is 14.9. The van der Waals surface area contributed by atoms with Crippen LogP contribution in [0.2, 0.25) is 0 Å². The lowest BCUT2D eigenvalue weighted by Crippen LogP contribution is -2.46. The van der Waals surface area contributed by atoms with Crippen LogP contribution < -0.4 is 4.74 Å². The van der Waals surface area contributed by atoms with E-state index < -0.39 is 5.97 Å². The van der Waals surface area contributed by atoms with E-state index in [1.165, 1.54) is 5.56 Å². The van der Waals surface area contributed by atoms with Gasteiger partial charge in [0.2, 0.25) is 0 Å². The third-order valence-corrected chi connectivity index (χ3v) is 3.85. The number of ether oxygens (including phenoxy) is 1. The molecule has 1 N–H and O–H groups in total. The quantitative estimate of drug-likeness (QED) is 0.868. The second-order valence-corrected chi connectivity index (χ2v) is 5.24. The number of aliphatic carboxylic acids is 1. The van der Waals surface area contributed by atoms with E-state index in [1.807, 2.05) is 23.1 Å². The molecular weight excluding hydrogens is 254 g/mol. The lowest BCUT2D eigenvalue weighted by molar-refractivity contribution is -0.144. The number of piperidine rings is 1. The Bertz CT molecular complexity index is 447. The second kappa shape index (κ2) is 7.29. The summed E-state index contributed by atoms with van der Waals surface area (Å²) in [6.45, 7) is 4.18. The molecule has 0 spiro atoms. The van der Waals surface area contributed by atoms with Crippen LogP contribution in [0.5, 0.6) is 5.75 Å². The Hall–Kier alpha value is -1.55. The Balaban J connectivity index is 1.83. The molecule has 1 unspecified atom stereocenters. The fourth-order valence-corrected chi connectivity index (χ4v) is 2.67. The molecule has 4 heteroatoms. The molecule has 1 atom stereocenters. The van der Waals surface area contributed by atoms with Gasteiger partial charge in [-0.25, -0.2) is 0 Å². The Morgan fingerprint density at radius 3 is 3.05 bits per heavy atom. The summed E-state index contributed by atoms with van der Waals surface area (Å²) in [7, 11) is 0. The van der Waals surface area contributed by atoms with E-state index >= 15 is 0 Å². The molecule has 0 radical (unpaired) electrons. The molecule has 1 aliphatic heterocycles. The largest absolute Gasteiger partial charge is 0.492 e. The van der Waals surface area contributed by atoms with Crippen molar-refractivity contribution in [3.8, 4) is 5.75 Å². The first-order valence-electron chi connectivity index (χ1n) is 7.39. The summed E-state index contributed by atoms with van der Waals surface area (Å²) in [5.74, 6) is 0.158. The highest BCUT2D eigenvalue weighted by Gasteiger charge is 2.27. The predicted molar refractivity (Wildman–Crippen MR) is 78.2 cm³/mol. The smallest absolute Gasteiger partial charge is 0.320 e. The summed E-state index contributed by atoms with van der Waals surface area (Å²) in [6.07, 6.45) is 3.83. The zero-order chi connectivity index (χ0) is 14.4. The lowest BCUT2D eigenvalue weighted by atomic mass is 10.0. The molecule has 2 rings (SSSR count). The van der Waals surface area contributed by atoms with Crippen LogP contribution in [0.3, 0.4) is 0 Å². The summed E-state index contributed by atoms with van der Waals surface area (Å²) >= 11 is 0. The fraction of sp³-hybridized carbons (Fsp3) is 0.562. The number of aryl methyl sites for hydroxylation is 1. The van der Waals surface area contributed by atoms with Gasteiger partial charge >= 0.3 is 5.97 Å². The molecule has 1 fully saturated rings. The average molecular weight is 277 g/mol. The third kappa shape index (κ3) is 3.97. The van der Waals surface area contributed by atoms with Gasteiger partial charge in [-0.15, -0.1) is 0 Å². The molecule has 0 aliphatic carbocycles. The summed E-state index contributed by atoms with van der Waals surface area (Å²) in [6, 6.07) is 7.73. The first-order chi connectivity index (χ1) is 9.70. The van der Waals surface area contributed by atoms with E-state index in [2.05, 4.69) is 13.0 Å². The maximum absolute atomic E-state index is 11.2. The van der Waals surface area contributed by atoms with Gasteiger partial charge in [-0.05, 0) is 43.5 Å². The number of likely N-dealkylation sites (tertiary alicyclic amines) is 1. The highest BCUT2D eigenvalue weighted by molar-refractivity contribution is 5.73. The fourth-order valence-electron chi connectivity index (χ4n) is 2.67. The molecule has 20 heavy (non-hydrogen) atoms. The Morgan fingerprint density at radius 2 is 2.30 bits per heavy atom. The van der Waals surface area contributed by atoms with Crippen molar-refractivity contribution in [2.24, 2.45) is 0 Å². The van der Waals surface area contributed by atoms with Gasteiger partial charge in [-0.1, -0.05) is 25.5 Å². The van der Waals surface area contributed by atoms with Crippen LogP contribution in [-0.2, 0) is 11.2 Å². The molecule has 1 heterocycles. The van der Waals surface area contributed by atoms with Crippen molar-refractivity contribution >= 4 is 5.97 Å². The van der Waals surface area contributed by atoms with Crippen LogP contribution >= 0.6 is 0 Å². The van der Waals surface area contributed by atoms with Crippen LogP contribution in [0.4, 0.5) is 0 Å². The molecule has 1 aliphatic rings. The van der Waals surface area contributed by atoms with Crippen molar-refractivity contribution in [2.75, 3.05) is 19.7 Å². The number of nitrogens with zero attached hydrogens (tertiary/aromatic N) is 1. The van der Waals surface area contributed by atoms with E-state index in [1.54, 1.807) is 0 Å². The van der Waals surface area contributed by atoms with Gasteiger partial charge in [-0.2, -0.15) is 0 Å². The van der Waals surface area contributed by atoms with Gasteiger partial charge in [0.1, 0.15) is 18.4 Å². The summed E-state index contributed by atoms with van der Waals surface area (Å²) in [5.41, 5.74) is 1.25. The van der Waals surface area contributed by atoms with Crippen molar-refractivity contribution in [2.45, 2.75) is 38.6 Å². The highest BCUT2D eigenvalue weighted by atomic mass is 16.5. The number of rotatable bonds is 6. The summed E-state index contributed by atoms with van der Waals surface area (Å²) in [5, 5.41) is 9.21. The highest BCUT2D eigenvalue weighted by Crippen LogP contribution is 2.18. The zero-order valence-corrected chi connectivity index (χ0v) is 12.0. The van der Waals surface area contributed by atoms with Crippen LogP contribution in [0.25, 0.3) is 0 Å². The van der Waals surface area contributed by atoms with Crippen molar-refractivity contribution in [1.29, 1.82) is 0 Å². The van der Waals surface area contributed by atoms with E-state index in [0.29, 0.717) is 13.2 Å². The molecule has 110 valence electrons. The van der Waals surface area contributed by atoms with Gasteiger partial charge in [0.05, 0.1) is 0 Å². The Morgan fingerprint density at radius 1 is 1.45 bits per heavy atom. The number of carboxylic acids is 1.